The quantitative estimate of drug-likeness (QED) is 0.923. The highest BCUT2D eigenvalue weighted by molar-refractivity contribution is 8.00. The Bertz CT molecular complexity index is 433. The van der Waals surface area contributed by atoms with Gasteiger partial charge in [0.05, 0.1) is 0 Å². The molecule has 0 spiro atoms. The van der Waals surface area contributed by atoms with E-state index in [4.69, 9.17) is 5.73 Å². The van der Waals surface area contributed by atoms with E-state index in [1.165, 1.54) is 48.2 Å². The van der Waals surface area contributed by atoms with Gasteiger partial charge in [-0.2, -0.15) is 11.8 Å². The molecule has 0 amide bonds. The molecule has 1 aliphatic heterocycles. The SMILES string of the molecule is CSC1(CN)CCN(Cc2c(C)cc(C)cc2C)CC1. The van der Waals surface area contributed by atoms with Crippen molar-refractivity contribution in [2.24, 2.45) is 5.73 Å². The van der Waals surface area contributed by atoms with Crippen LogP contribution in [0.15, 0.2) is 12.1 Å². The van der Waals surface area contributed by atoms with Gasteiger partial charge in [0.15, 0.2) is 0 Å². The summed E-state index contributed by atoms with van der Waals surface area (Å²) < 4.78 is 0.327. The summed E-state index contributed by atoms with van der Waals surface area (Å²) in [5.74, 6) is 0. The van der Waals surface area contributed by atoms with Crippen molar-refractivity contribution in [2.45, 2.75) is 44.9 Å². The minimum Gasteiger partial charge on any atom is -0.329 e. The molecule has 0 aliphatic carbocycles. The van der Waals surface area contributed by atoms with Gasteiger partial charge in [0.2, 0.25) is 0 Å². The number of aryl methyl sites for hydroxylation is 3. The monoisotopic (exact) mass is 292 g/mol. The van der Waals surface area contributed by atoms with Gasteiger partial charge in [-0.3, -0.25) is 4.90 Å². The second-order valence-electron chi connectivity index (χ2n) is 6.24. The lowest BCUT2D eigenvalue weighted by Crippen LogP contribution is -2.46. The lowest BCUT2D eigenvalue weighted by atomic mass is 9.94. The van der Waals surface area contributed by atoms with Crippen molar-refractivity contribution in [3.05, 3.63) is 34.4 Å². The highest BCUT2D eigenvalue weighted by Crippen LogP contribution is 2.34. The number of thioether (sulfide) groups is 1. The molecule has 0 aromatic heterocycles. The number of hydrogen-bond donors (Lipinski definition) is 1. The Morgan fingerprint density at radius 1 is 1.15 bits per heavy atom. The summed E-state index contributed by atoms with van der Waals surface area (Å²) in [5, 5.41) is 0. The molecule has 0 saturated carbocycles. The van der Waals surface area contributed by atoms with E-state index < -0.39 is 0 Å². The van der Waals surface area contributed by atoms with Crippen molar-refractivity contribution in [3.63, 3.8) is 0 Å². The van der Waals surface area contributed by atoms with Gasteiger partial charge in [-0.05, 0) is 69.6 Å². The zero-order valence-corrected chi connectivity index (χ0v) is 14.1. The summed E-state index contributed by atoms with van der Waals surface area (Å²) >= 11 is 1.96. The number of rotatable bonds is 4. The first-order valence-corrected chi connectivity index (χ1v) is 8.76. The zero-order chi connectivity index (χ0) is 14.8. The fraction of sp³-hybridized carbons (Fsp3) is 0.647. The fourth-order valence-electron chi connectivity index (χ4n) is 3.29. The summed E-state index contributed by atoms with van der Waals surface area (Å²) in [5.41, 5.74) is 11.7. The van der Waals surface area contributed by atoms with Crippen LogP contribution in [0.3, 0.4) is 0 Å². The second-order valence-corrected chi connectivity index (χ2v) is 7.52. The number of hydrogen-bond acceptors (Lipinski definition) is 3. The van der Waals surface area contributed by atoms with Crippen molar-refractivity contribution < 1.29 is 0 Å². The molecule has 0 unspecified atom stereocenters. The third-order valence-corrected chi connectivity index (χ3v) is 6.24. The van der Waals surface area contributed by atoms with Crippen LogP contribution in [0, 0.1) is 20.8 Å². The van der Waals surface area contributed by atoms with Gasteiger partial charge in [0.25, 0.3) is 0 Å². The van der Waals surface area contributed by atoms with E-state index in [2.05, 4.69) is 44.1 Å². The molecule has 0 atom stereocenters. The molecular formula is C17H28N2S. The predicted molar refractivity (Wildman–Crippen MR) is 90.5 cm³/mol. The van der Waals surface area contributed by atoms with Gasteiger partial charge in [0, 0.05) is 17.8 Å². The smallest absolute Gasteiger partial charge is 0.0303 e. The van der Waals surface area contributed by atoms with Crippen LogP contribution < -0.4 is 5.73 Å². The van der Waals surface area contributed by atoms with Crippen LogP contribution in [0.1, 0.15) is 35.1 Å². The number of likely N-dealkylation sites (tertiary alicyclic amines) is 1. The normalized spacial score (nSPS) is 19.2. The second kappa shape index (κ2) is 6.50. The molecular weight excluding hydrogens is 264 g/mol. The van der Waals surface area contributed by atoms with Crippen molar-refractivity contribution in [3.8, 4) is 0 Å². The summed E-state index contributed by atoms with van der Waals surface area (Å²) in [7, 11) is 0. The highest BCUT2D eigenvalue weighted by Gasteiger charge is 2.32. The van der Waals surface area contributed by atoms with Gasteiger partial charge in [0.1, 0.15) is 0 Å². The van der Waals surface area contributed by atoms with Crippen LogP contribution in [0.25, 0.3) is 0 Å². The van der Waals surface area contributed by atoms with Gasteiger partial charge in [-0.25, -0.2) is 0 Å². The first-order valence-electron chi connectivity index (χ1n) is 7.54. The van der Waals surface area contributed by atoms with E-state index in [1.807, 2.05) is 11.8 Å². The third kappa shape index (κ3) is 3.38. The molecule has 1 fully saturated rings. The molecule has 1 aromatic carbocycles. The molecule has 1 saturated heterocycles. The summed E-state index contributed by atoms with van der Waals surface area (Å²) in [4.78, 5) is 2.59. The first kappa shape index (κ1) is 15.9. The summed E-state index contributed by atoms with van der Waals surface area (Å²) in [6.45, 7) is 10.9. The number of nitrogens with two attached hydrogens (primary N) is 1. The number of nitrogens with zero attached hydrogens (tertiary/aromatic N) is 1. The summed E-state index contributed by atoms with van der Waals surface area (Å²) in [6, 6.07) is 4.61. The third-order valence-electron chi connectivity index (χ3n) is 4.79. The first-order chi connectivity index (χ1) is 9.49. The van der Waals surface area contributed by atoms with E-state index in [-0.39, 0.29) is 0 Å². The topological polar surface area (TPSA) is 29.3 Å². The maximum Gasteiger partial charge on any atom is 0.0303 e. The minimum atomic E-state index is 0.327. The molecule has 0 radical (unpaired) electrons. The average molecular weight is 292 g/mol. The number of benzene rings is 1. The van der Waals surface area contributed by atoms with Crippen LogP contribution in [0.4, 0.5) is 0 Å². The Hall–Kier alpha value is -0.510. The maximum atomic E-state index is 5.97. The van der Waals surface area contributed by atoms with E-state index in [9.17, 15) is 0 Å². The van der Waals surface area contributed by atoms with Gasteiger partial charge in [-0.1, -0.05) is 17.7 Å². The van der Waals surface area contributed by atoms with E-state index >= 15 is 0 Å². The Morgan fingerprint density at radius 3 is 2.15 bits per heavy atom. The highest BCUT2D eigenvalue weighted by atomic mass is 32.2. The van der Waals surface area contributed by atoms with Crippen LogP contribution >= 0.6 is 11.8 Å². The van der Waals surface area contributed by atoms with Crippen molar-refractivity contribution in [1.29, 1.82) is 0 Å². The molecule has 2 nitrogen and oxygen atoms in total. The average Bonchev–Trinajstić information content (AvgIpc) is 2.43. The van der Waals surface area contributed by atoms with Gasteiger partial charge < -0.3 is 5.73 Å². The molecule has 2 N–H and O–H groups in total. The molecule has 1 aromatic rings. The molecule has 0 bridgehead atoms. The molecule has 1 heterocycles. The molecule has 3 heteroatoms. The Labute approximate surface area is 128 Å². The summed E-state index contributed by atoms with van der Waals surface area (Å²) in [6.07, 6.45) is 4.64. The number of piperidine rings is 1. The largest absolute Gasteiger partial charge is 0.329 e. The van der Waals surface area contributed by atoms with E-state index in [0.717, 1.165) is 13.1 Å². The Balaban J connectivity index is 2.03. The Kier molecular flexibility index (Phi) is 5.16. The van der Waals surface area contributed by atoms with Gasteiger partial charge >= 0.3 is 0 Å². The lowest BCUT2D eigenvalue weighted by molar-refractivity contribution is 0.194. The van der Waals surface area contributed by atoms with Crippen molar-refractivity contribution >= 4 is 11.8 Å². The maximum absolute atomic E-state index is 5.97. The van der Waals surface area contributed by atoms with Crippen LogP contribution in [0.2, 0.25) is 0 Å². The zero-order valence-electron chi connectivity index (χ0n) is 13.3. The molecule has 20 heavy (non-hydrogen) atoms. The predicted octanol–water partition coefficient (Wildman–Crippen LogP) is 3.27. The standard InChI is InChI=1S/C17H28N2S/c1-13-9-14(2)16(15(3)10-13)11-19-7-5-17(12-18,20-4)6-8-19/h9-10H,5-8,11-12,18H2,1-4H3. The van der Waals surface area contributed by atoms with Crippen LogP contribution in [0.5, 0.6) is 0 Å². The van der Waals surface area contributed by atoms with Gasteiger partial charge in [-0.15, -0.1) is 0 Å². The van der Waals surface area contributed by atoms with E-state index in [1.54, 1.807) is 0 Å². The van der Waals surface area contributed by atoms with E-state index in [0.29, 0.717) is 4.75 Å². The van der Waals surface area contributed by atoms with Crippen molar-refractivity contribution in [2.75, 3.05) is 25.9 Å². The Morgan fingerprint density at radius 2 is 1.70 bits per heavy atom. The van der Waals surface area contributed by atoms with Crippen molar-refractivity contribution in [1.82, 2.24) is 4.90 Å². The van der Waals surface area contributed by atoms with Crippen LogP contribution in [-0.2, 0) is 6.54 Å². The fourth-order valence-corrected chi connectivity index (χ4v) is 4.05. The van der Waals surface area contributed by atoms with Crippen LogP contribution in [-0.4, -0.2) is 35.5 Å². The molecule has 112 valence electrons. The minimum absolute atomic E-state index is 0.327. The molecule has 1 aliphatic rings. The lowest BCUT2D eigenvalue weighted by Gasteiger charge is -2.40. The molecule has 2 rings (SSSR count).